The van der Waals surface area contributed by atoms with E-state index in [1.54, 1.807) is 12.4 Å². The molecule has 1 heterocycles. The van der Waals surface area contributed by atoms with Gasteiger partial charge in [0.2, 0.25) is 0 Å². The predicted octanol–water partition coefficient (Wildman–Crippen LogP) is 1.27. The minimum absolute atomic E-state index is 0.160. The summed E-state index contributed by atoms with van der Waals surface area (Å²) in [7, 11) is 0. The van der Waals surface area contributed by atoms with Crippen molar-refractivity contribution in [3.8, 4) is 0 Å². The third kappa shape index (κ3) is 1.18. The molecule has 1 aliphatic carbocycles. The largest absolute Gasteiger partial charge is 0.481 e. The van der Waals surface area contributed by atoms with Gasteiger partial charge in [0.15, 0.2) is 0 Å². The number of hydrogen-bond donors (Lipinski definition) is 1. The average molecular weight is 163 g/mol. The highest BCUT2D eigenvalue weighted by Gasteiger charge is 2.43. The molecule has 2 rings (SSSR count). The van der Waals surface area contributed by atoms with Gasteiger partial charge in [-0.1, -0.05) is 0 Å². The molecule has 3 heteroatoms. The zero-order valence-corrected chi connectivity index (χ0v) is 6.47. The Hall–Kier alpha value is -1.38. The van der Waals surface area contributed by atoms with Gasteiger partial charge in [-0.15, -0.1) is 0 Å². The van der Waals surface area contributed by atoms with Gasteiger partial charge >= 0.3 is 5.97 Å². The molecular formula is C9H9NO2. The van der Waals surface area contributed by atoms with Crippen molar-refractivity contribution in [3.63, 3.8) is 0 Å². The highest BCUT2D eigenvalue weighted by atomic mass is 16.4. The smallest absolute Gasteiger partial charge is 0.307 e. The van der Waals surface area contributed by atoms with E-state index >= 15 is 0 Å². The summed E-state index contributed by atoms with van der Waals surface area (Å²) in [5.41, 5.74) is 1.09. The number of aliphatic carboxylic acids is 1. The molecule has 3 nitrogen and oxygen atoms in total. The number of carbonyl (C=O) groups is 1. The van der Waals surface area contributed by atoms with E-state index in [4.69, 9.17) is 5.11 Å². The molecule has 0 bridgehead atoms. The molecule has 1 saturated carbocycles. The summed E-state index contributed by atoms with van der Waals surface area (Å²) >= 11 is 0. The van der Waals surface area contributed by atoms with Crippen LogP contribution in [0.4, 0.5) is 0 Å². The summed E-state index contributed by atoms with van der Waals surface area (Å²) < 4.78 is 0. The quantitative estimate of drug-likeness (QED) is 0.714. The zero-order chi connectivity index (χ0) is 8.55. The molecule has 1 aromatic rings. The van der Waals surface area contributed by atoms with Crippen molar-refractivity contribution >= 4 is 5.97 Å². The van der Waals surface area contributed by atoms with Crippen molar-refractivity contribution in [2.75, 3.05) is 0 Å². The van der Waals surface area contributed by atoms with E-state index in [1.807, 2.05) is 12.1 Å². The second-order valence-electron chi connectivity index (χ2n) is 3.07. The molecule has 1 N–H and O–H groups in total. The van der Waals surface area contributed by atoms with Crippen LogP contribution >= 0.6 is 0 Å². The second kappa shape index (κ2) is 2.59. The fourth-order valence-electron chi connectivity index (χ4n) is 1.45. The normalized spacial score (nSPS) is 26.7. The molecule has 62 valence electrons. The van der Waals surface area contributed by atoms with Crippen LogP contribution in [0.3, 0.4) is 0 Å². The molecule has 1 fully saturated rings. The Kier molecular flexibility index (Phi) is 1.57. The van der Waals surface area contributed by atoms with Crippen molar-refractivity contribution in [1.82, 2.24) is 4.98 Å². The predicted molar refractivity (Wildman–Crippen MR) is 42.7 cm³/mol. The van der Waals surface area contributed by atoms with E-state index in [0.717, 1.165) is 12.0 Å². The third-order valence-electron chi connectivity index (χ3n) is 2.24. The highest BCUT2D eigenvalue weighted by Crippen LogP contribution is 2.47. The van der Waals surface area contributed by atoms with Gasteiger partial charge in [-0.3, -0.25) is 9.78 Å². The molecule has 1 aliphatic rings. The first-order valence-corrected chi connectivity index (χ1v) is 3.92. The van der Waals surface area contributed by atoms with Gasteiger partial charge in [-0.2, -0.15) is 0 Å². The first kappa shape index (κ1) is 7.28. The molecular weight excluding hydrogens is 154 g/mol. The maximum atomic E-state index is 10.5. The first-order chi connectivity index (χ1) is 5.79. The number of hydrogen-bond acceptors (Lipinski definition) is 2. The van der Waals surface area contributed by atoms with Crippen LogP contribution < -0.4 is 0 Å². The van der Waals surface area contributed by atoms with Crippen molar-refractivity contribution in [3.05, 3.63) is 30.1 Å². The molecule has 0 saturated heterocycles. The molecule has 0 aliphatic heterocycles. The fourth-order valence-corrected chi connectivity index (χ4v) is 1.45. The summed E-state index contributed by atoms with van der Waals surface area (Å²) in [6.45, 7) is 0. The van der Waals surface area contributed by atoms with Crippen molar-refractivity contribution in [2.24, 2.45) is 5.92 Å². The summed E-state index contributed by atoms with van der Waals surface area (Å²) in [5.74, 6) is -0.616. The Labute approximate surface area is 70.1 Å². The van der Waals surface area contributed by atoms with Gasteiger partial charge in [0.1, 0.15) is 0 Å². The lowest BCUT2D eigenvalue weighted by Crippen LogP contribution is -1.98. The Morgan fingerprint density at radius 1 is 1.50 bits per heavy atom. The Balaban J connectivity index is 2.11. The molecule has 0 spiro atoms. The van der Waals surface area contributed by atoms with Gasteiger partial charge in [0.25, 0.3) is 0 Å². The van der Waals surface area contributed by atoms with Crippen LogP contribution in [0.1, 0.15) is 17.9 Å². The number of nitrogens with zero attached hydrogens (tertiary/aromatic N) is 1. The van der Waals surface area contributed by atoms with Crippen molar-refractivity contribution in [2.45, 2.75) is 12.3 Å². The fraction of sp³-hybridized carbons (Fsp3) is 0.333. The Bertz CT molecular complexity index is 297. The summed E-state index contributed by atoms with van der Waals surface area (Å²) in [4.78, 5) is 14.4. The zero-order valence-electron chi connectivity index (χ0n) is 6.47. The molecule has 0 unspecified atom stereocenters. The van der Waals surface area contributed by atoms with E-state index < -0.39 is 5.97 Å². The summed E-state index contributed by atoms with van der Waals surface area (Å²) in [6, 6.07) is 3.77. The van der Waals surface area contributed by atoms with E-state index in [-0.39, 0.29) is 11.8 Å². The molecule has 1 aromatic heterocycles. The molecule has 2 atom stereocenters. The average Bonchev–Trinajstić information content (AvgIpc) is 2.84. The van der Waals surface area contributed by atoms with Crippen LogP contribution in [-0.4, -0.2) is 16.1 Å². The molecule has 0 aromatic carbocycles. The van der Waals surface area contributed by atoms with Gasteiger partial charge in [-0.05, 0) is 30.0 Å². The monoisotopic (exact) mass is 163 g/mol. The van der Waals surface area contributed by atoms with Crippen LogP contribution in [0.15, 0.2) is 24.5 Å². The van der Waals surface area contributed by atoms with Crippen molar-refractivity contribution in [1.29, 1.82) is 0 Å². The number of pyridine rings is 1. The minimum Gasteiger partial charge on any atom is -0.481 e. The van der Waals surface area contributed by atoms with Crippen LogP contribution in [0.2, 0.25) is 0 Å². The number of carboxylic acids is 1. The number of aromatic nitrogens is 1. The molecule has 0 amide bonds. The van der Waals surface area contributed by atoms with Gasteiger partial charge in [0.05, 0.1) is 5.92 Å². The van der Waals surface area contributed by atoms with Gasteiger partial charge in [-0.25, -0.2) is 0 Å². The summed E-state index contributed by atoms with van der Waals surface area (Å²) in [5, 5.41) is 8.67. The Morgan fingerprint density at radius 3 is 2.67 bits per heavy atom. The van der Waals surface area contributed by atoms with E-state index in [9.17, 15) is 4.79 Å². The second-order valence-corrected chi connectivity index (χ2v) is 3.07. The SMILES string of the molecule is O=C(O)[C@H]1C[C@@H]1c1ccncc1. The van der Waals surface area contributed by atoms with Crippen LogP contribution in [0.5, 0.6) is 0 Å². The molecule has 0 radical (unpaired) electrons. The standard InChI is InChI=1S/C9H9NO2/c11-9(12)8-5-7(8)6-1-3-10-4-2-6/h1-4,7-8H,5H2,(H,11,12)/t7-,8+/m1/s1. The summed E-state index contributed by atoms with van der Waals surface area (Å²) in [6.07, 6.45) is 4.18. The highest BCUT2D eigenvalue weighted by molar-refractivity contribution is 5.75. The Morgan fingerprint density at radius 2 is 2.17 bits per heavy atom. The maximum absolute atomic E-state index is 10.5. The van der Waals surface area contributed by atoms with Gasteiger partial charge in [0, 0.05) is 12.4 Å². The topological polar surface area (TPSA) is 50.2 Å². The minimum atomic E-state index is -0.684. The number of carboxylic acid groups (broad SMARTS) is 1. The van der Waals surface area contributed by atoms with E-state index in [1.165, 1.54) is 0 Å². The number of rotatable bonds is 2. The third-order valence-corrected chi connectivity index (χ3v) is 2.24. The maximum Gasteiger partial charge on any atom is 0.307 e. The lowest BCUT2D eigenvalue weighted by molar-refractivity contribution is -0.138. The van der Waals surface area contributed by atoms with E-state index in [2.05, 4.69) is 4.98 Å². The lowest BCUT2D eigenvalue weighted by atomic mass is 10.1. The van der Waals surface area contributed by atoms with Crippen molar-refractivity contribution < 1.29 is 9.90 Å². The van der Waals surface area contributed by atoms with E-state index in [0.29, 0.717) is 0 Å². The van der Waals surface area contributed by atoms with Gasteiger partial charge < -0.3 is 5.11 Å². The van der Waals surface area contributed by atoms with Crippen LogP contribution in [0, 0.1) is 5.92 Å². The van der Waals surface area contributed by atoms with Crippen LogP contribution in [0.25, 0.3) is 0 Å². The van der Waals surface area contributed by atoms with Crippen LogP contribution in [-0.2, 0) is 4.79 Å². The first-order valence-electron chi connectivity index (χ1n) is 3.92. The molecule has 12 heavy (non-hydrogen) atoms. The lowest BCUT2D eigenvalue weighted by Gasteiger charge is -1.95.